The van der Waals surface area contributed by atoms with Crippen LogP contribution in [0, 0.1) is 0 Å². The zero-order valence-corrected chi connectivity index (χ0v) is 27.0. The summed E-state index contributed by atoms with van der Waals surface area (Å²) in [5.74, 6) is 0. The van der Waals surface area contributed by atoms with E-state index in [-0.39, 0.29) is 24.3 Å². The van der Waals surface area contributed by atoms with Crippen LogP contribution in [0.5, 0.6) is 0 Å². The van der Waals surface area contributed by atoms with Gasteiger partial charge in [0.1, 0.15) is 9.79 Å². The second kappa shape index (κ2) is 11.4. The minimum absolute atomic E-state index is 0.0927. The highest BCUT2D eigenvalue weighted by Gasteiger charge is 2.75. The molecule has 0 radical (unpaired) electrons. The van der Waals surface area contributed by atoms with Crippen LogP contribution in [0.1, 0.15) is 0 Å². The Morgan fingerprint density at radius 1 is 0.444 bits per heavy atom. The van der Waals surface area contributed by atoms with E-state index in [0.717, 1.165) is 0 Å². The summed E-state index contributed by atoms with van der Waals surface area (Å²) >= 11 is 21.9. The first-order valence-electron chi connectivity index (χ1n) is 9.74. The third-order valence-electron chi connectivity index (χ3n) is 5.10. The number of hydrogen-bond donors (Lipinski definition) is 2. The van der Waals surface area contributed by atoms with Gasteiger partial charge < -0.3 is 0 Å². The predicted molar refractivity (Wildman–Crippen MR) is 136 cm³/mol. The van der Waals surface area contributed by atoms with E-state index in [4.69, 9.17) is 55.5 Å². The molecule has 45 heavy (non-hydrogen) atoms. The second-order valence-corrected chi connectivity index (χ2v) is 18.3. The van der Waals surface area contributed by atoms with E-state index in [9.17, 15) is 77.2 Å². The Balaban J connectivity index is 2.81. The minimum Gasteiger partial charge on any atom is -0.281 e. The van der Waals surface area contributed by atoms with Crippen molar-refractivity contribution < 1.29 is 86.3 Å². The van der Waals surface area contributed by atoms with Gasteiger partial charge in [-0.2, -0.15) is 52.0 Å². The van der Waals surface area contributed by atoms with Crippen LogP contribution in [0.15, 0.2) is 43.8 Å². The van der Waals surface area contributed by atoms with Crippen LogP contribution in [-0.2, 0) is 49.7 Å². The van der Waals surface area contributed by atoms with Crippen molar-refractivity contribution in [2.75, 3.05) is 0 Å². The van der Waals surface area contributed by atoms with E-state index in [1.807, 2.05) is 0 Å². The van der Waals surface area contributed by atoms with Gasteiger partial charge in [0.15, 0.2) is 0 Å². The zero-order chi connectivity index (χ0) is 35.9. The first-order valence-corrected chi connectivity index (χ1v) is 18.6. The smallest absolute Gasteiger partial charge is 0.281 e. The standard InChI is InChI=1S/C16H6Cl4F8O12S5/c17-7-1-5(2-8(18)11(7)42(31,32)13(21,22)15(25,26)44(35,36)37)41(29,30)6-3-9(19)12(10(20)4-6)43(33,34)14(23,24)16(27,28)45(38,39)40/h1-4H,(H,35,36,37)(H,38,39,40). The molecule has 0 saturated carbocycles. The van der Waals surface area contributed by atoms with Crippen molar-refractivity contribution in [2.45, 2.75) is 40.6 Å². The lowest BCUT2D eigenvalue weighted by Crippen LogP contribution is -2.51. The number of benzene rings is 2. The van der Waals surface area contributed by atoms with Gasteiger partial charge in [-0.25, -0.2) is 25.3 Å². The Labute approximate surface area is 266 Å². The lowest BCUT2D eigenvalue weighted by molar-refractivity contribution is -0.101. The Hall–Kier alpha value is -1.29. The summed E-state index contributed by atoms with van der Waals surface area (Å²) in [5.41, 5.74) is 0. The molecule has 0 amide bonds. The average Bonchev–Trinajstić information content (AvgIpc) is 2.80. The predicted octanol–water partition coefficient (Wildman–Crippen LogP) is 4.83. The molecule has 2 aromatic carbocycles. The molecular formula is C16H6Cl4F8O12S5. The molecule has 256 valence electrons. The topological polar surface area (TPSA) is 211 Å². The largest absolute Gasteiger partial charge is 0.447 e. The van der Waals surface area contributed by atoms with E-state index < -0.39 is 110 Å². The first-order chi connectivity index (χ1) is 19.6. The number of hydrogen-bond acceptors (Lipinski definition) is 10. The number of rotatable bonds is 10. The lowest BCUT2D eigenvalue weighted by Gasteiger charge is -2.25. The summed E-state index contributed by atoms with van der Waals surface area (Å²) in [6.45, 7) is 0. The van der Waals surface area contributed by atoms with E-state index >= 15 is 0 Å². The van der Waals surface area contributed by atoms with Crippen molar-refractivity contribution in [3.05, 3.63) is 44.4 Å². The SMILES string of the molecule is O=S(=O)(c1cc(Cl)c(S(=O)(=O)C(F)(F)C(F)(F)S(=O)(=O)O)c(Cl)c1)c1cc(Cl)c(S(=O)(=O)C(F)(F)C(F)(F)S(=O)(=O)O)c(Cl)c1. The number of halogens is 12. The van der Waals surface area contributed by atoms with Crippen LogP contribution in [0.2, 0.25) is 20.1 Å². The summed E-state index contributed by atoms with van der Waals surface area (Å²) in [7, 11) is -33.7. The molecule has 0 atom stereocenters. The fraction of sp³-hybridized carbons (Fsp3) is 0.250. The van der Waals surface area contributed by atoms with Crippen molar-refractivity contribution in [1.29, 1.82) is 0 Å². The maximum atomic E-state index is 14.2. The third-order valence-corrected chi connectivity index (χ3v) is 14.3. The van der Waals surface area contributed by atoms with Gasteiger partial charge >= 0.3 is 41.3 Å². The maximum absolute atomic E-state index is 14.2. The minimum atomic E-state index is -7.13. The van der Waals surface area contributed by atoms with Crippen molar-refractivity contribution in [3.8, 4) is 0 Å². The lowest BCUT2D eigenvalue weighted by atomic mass is 10.3. The van der Waals surface area contributed by atoms with Gasteiger partial charge in [0.25, 0.3) is 19.7 Å². The maximum Gasteiger partial charge on any atom is 0.447 e. The molecule has 0 aliphatic rings. The molecule has 2 N–H and O–H groups in total. The Kier molecular flexibility index (Phi) is 10.1. The van der Waals surface area contributed by atoms with Gasteiger partial charge in [-0.15, -0.1) is 0 Å². The summed E-state index contributed by atoms with van der Waals surface area (Å²) in [6.07, 6.45) is 0. The highest BCUT2D eigenvalue weighted by molar-refractivity contribution is 7.95. The van der Waals surface area contributed by atoms with Crippen LogP contribution in [0.25, 0.3) is 0 Å². The monoisotopic (exact) mass is 842 g/mol. The Bertz CT molecular complexity index is 1960. The highest BCUT2D eigenvalue weighted by Crippen LogP contribution is 2.50. The molecule has 0 saturated heterocycles. The summed E-state index contributed by atoms with van der Waals surface area (Å²) < 4.78 is 246. The van der Waals surface area contributed by atoms with Crippen LogP contribution >= 0.6 is 46.4 Å². The third kappa shape index (κ3) is 5.99. The van der Waals surface area contributed by atoms with E-state index in [2.05, 4.69) is 0 Å². The van der Waals surface area contributed by atoms with Gasteiger partial charge in [0, 0.05) is 0 Å². The molecular weight excluding hydrogens is 838 g/mol. The molecule has 0 unspecified atom stereocenters. The average molecular weight is 844 g/mol. The van der Waals surface area contributed by atoms with Gasteiger partial charge in [-0.1, -0.05) is 46.4 Å². The quantitative estimate of drug-likeness (QED) is 0.244. The molecule has 0 aliphatic carbocycles. The summed E-state index contributed by atoms with van der Waals surface area (Å²) in [5, 5.41) is -33.8. The molecule has 0 aliphatic heterocycles. The molecule has 0 heterocycles. The van der Waals surface area contributed by atoms with Crippen molar-refractivity contribution in [2.24, 2.45) is 0 Å². The van der Waals surface area contributed by atoms with Crippen LogP contribution in [0.4, 0.5) is 35.1 Å². The number of sulfone groups is 3. The fourth-order valence-corrected chi connectivity index (χ4v) is 11.0. The van der Waals surface area contributed by atoms with Gasteiger partial charge in [0.05, 0.1) is 29.9 Å². The molecule has 0 fully saturated rings. The second-order valence-electron chi connectivity index (χ2n) is 7.96. The van der Waals surface area contributed by atoms with Crippen LogP contribution in [0.3, 0.4) is 0 Å². The normalized spacial score (nSPS) is 14.9. The van der Waals surface area contributed by atoms with Crippen LogP contribution in [-0.4, -0.2) is 72.2 Å². The number of alkyl halides is 8. The Morgan fingerprint density at radius 3 is 0.822 bits per heavy atom. The Morgan fingerprint density at radius 2 is 0.644 bits per heavy atom. The molecule has 29 heteroatoms. The van der Waals surface area contributed by atoms with E-state index in [1.165, 1.54) is 0 Å². The van der Waals surface area contributed by atoms with Crippen molar-refractivity contribution in [3.63, 3.8) is 0 Å². The molecule has 2 aromatic rings. The van der Waals surface area contributed by atoms with Crippen molar-refractivity contribution in [1.82, 2.24) is 0 Å². The van der Waals surface area contributed by atoms with Crippen LogP contribution < -0.4 is 0 Å². The highest BCUT2D eigenvalue weighted by atomic mass is 35.5. The van der Waals surface area contributed by atoms with Gasteiger partial charge in [-0.05, 0) is 24.3 Å². The molecule has 12 nitrogen and oxygen atoms in total. The summed E-state index contributed by atoms with van der Waals surface area (Å²) in [6, 6.07) is -0.371. The fourth-order valence-electron chi connectivity index (χ4n) is 2.90. The summed E-state index contributed by atoms with van der Waals surface area (Å²) in [4.78, 5) is -7.21. The zero-order valence-electron chi connectivity index (χ0n) is 19.9. The molecule has 0 aromatic heterocycles. The molecule has 2 rings (SSSR count). The van der Waals surface area contributed by atoms with Gasteiger partial charge in [0.2, 0.25) is 9.84 Å². The molecule has 0 bridgehead atoms. The first kappa shape index (κ1) is 39.9. The van der Waals surface area contributed by atoms with E-state index in [1.54, 1.807) is 0 Å². The van der Waals surface area contributed by atoms with Crippen molar-refractivity contribution >= 4 is 96.2 Å². The van der Waals surface area contributed by atoms with E-state index in [0.29, 0.717) is 0 Å². The molecule has 0 spiro atoms. The van der Waals surface area contributed by atoms with Gasteiger partial charge in [-0.3, -0.25) is 9.11 Å².